The van der Waals surface area contributed by atoms with Crippen LogP contribution in [0, 0.1) is 18.8 Å². The summed E-state index contributed by atoms with van der Waals surface area (Å²) in [5.41, 5.74) is 1.08. The summed E-state index contributed by atoms with van der Waals surface area (Å²) in [6.07, 6.45) is -0.258. The number of fused-ring (bicyclic) bond motifs is 1. The van der Waals surface area contributed by atoms with Crippen molar-refractivity contribution in [1.82, 2.24) is 14.8 Å². The molecule has 2 unspecified atom stereocenters. The molecule has 0 saturated carbocycles. The first-order chi connectivity index (χ1) is 13.7. The first-order valence-corrected chi connectivity index (χ1v) is 10.8. The molecule has 154 valence electrons. The minimum absolute atomic E-state index is 0.00794. The van der Waals surface area contributed by atoms with Crippen LogP contribution in [0.2, 0.25) is 0 Å². The molecular weight excluding hydrogens is 386 g/mol. The van der Waals surface area contributed by atoms with E-state index < -0.39 is 5.60 Å². The number of carbonyl (C=O) groups is 2. The van der Waals surface area contributed by atoms with Crippen LogP contribution in [0.25, 0.3) is 10.4 Å². The van der Waals surface area contributed by atoms with Gasteiger partial charge in [-0.15, -0.1) is 11.3 Å². The van der Waals surface area contributed by atoms with Crippen molar-refractivity contribution in [2.24, 2.45) is 11.8 Å². The number of benzene rings is 1. The first-order valence-electron chi connectivity index (χ1n) is 10.0. The summed E-state index contributed by atoms with van der Waals surface area (Å²) in [4.78, 5) is 34.8. The molecule has 7 heteroatoms. The summed E-state index contributed by atoms with van der Waals surface area (Å²) >= 11 is 1.56. The number of ether oxygens (including phenoxy) is 1. The number of aromatic nitrogens is 1. The molecular formula is C22H27N3O3S. The highest BCUT2D eigenvalue weighted by Gasteiger charge is 2.44. The van der Waals surface area contributed by atoms with Crippen LogP contribution in [0.3, 0.4) is 0 Å². The number of hydrogen-bond acceptors (Lipinski definition) is 5. The Morgan fingerprint density at radius 1 is 1.03 bits per heavy atom. The van der Waals surface area contributed by atoms with Crippen LogP contribution in [-0.4, -0.2) is 58.6 Å². The highest BCUT2D eigenvalue weighted by atomic mass is 32.1. The Bertz CT molecular complexity index is 905. The fraction of sp³-hybridized carbons (Fsp3) is 0.500. The topological polar surface area (TPSA) is 62.7 Å². The maximum atomic E-state index is 13.3. The molecule has 2 amide bonds. The number of thiazole rings is 1. The number of aryl methyl sites for hydroxylation is 1. The van der Waals surface area contributed by atoms with Crippen molar-refractivity contribution >= 4 is 23.3 Å². The van der Waals surface area contributed by atoms with Gasteiger partial charge in [-0.25, -0.2) is 9.78 Å². The zero-order valence-electron chi connectivity index (χ0n) is 17.3. The summed E-state index contributed by atoms with van der Waals surface area (Å²) in [6, 6.07) is 9.95. The molecule has 29 heavy (non-hydrogen) atoms. The van der Waals surface area contributed by atoms with E-state index in [4.69, 9.17) is 4.74 Å². The van der Waals surface area contributed by atoms with Gasteiger partial charge in [-0.2, -0.15) is 0 Å². The molecule has 3 heterocycles. The van der Waals surface area contributed by atoms with Crippen molar-refractivity contribution in [3.8, 4) is 10.4 Å². The van der Waals surface area contributed by atoms with Crippen molar-refractivity contribution in [2.45, 2.75) is 33.3 Å². The van der Waals surface area contributed by atoms with Crippen molar-refractivity contribution in [2.75, 3.05) is 26.2 Å². The molecule has 2 aliphatic heterocycles. The standard InChI is InChI=1S/C22H27N3O3S/c1-14-23-18(19(29-14)15-8-6-5-7-9-15)20(26)24-10-16-12-25(13-17(16)11-24)21(27)28-22(2,3)4/h5-9,16-17H,10-13H2,1-4H3. The van der Waals surface area contributed by atoms with E-state index in [1.165, 1.54) is 0 Å². The van der Waals surface area contributed by atoms with Crippen LogP contribution in [0.5, 0.6) is 0 Å². The van der Waals surface area contributed by atoms with Gasteiger partial charge >= 0.3 is 6.09 Å². The van der Waals surface area contributed by atoms with Crippen molar-refractivity contribution in [3.63, 3.8) is 0 Å². The zero-order valence-corrected chi connectivity index (χ0v) is 18.2. The van der Waals surface area contributed by atoms with E-state index in [-0.39, 0.29) is 12.0 Å². The van der Waals surface area contributed by atoms with Crippen LogP contribution in [0.4, 0.5) is 4.79 Å². The molecule has 2 saturated heterocycles. The number of rotatable bonds is 2. The summed E-state index contributed by atoms with van der Waals surface area (Å²) in [7, 11) is 0. The Labute approximate surface area is 175 Å². The molecule has 2 aromatic rings. The molecule has 2 fully saturated rings. The normalized spacial score (nSPS) is 21.4. The zero-order chi connectivity index (χ0) is 20.8. The van der Waals surface area contributed by atoms with Crippen LogP contribution >= 0.6 is 11.3 Å². The predicted octanol–water partition coefficient (Wildman–Crippen LogP) is 4.06. The maximum Gasteiger partial charge on any atom is 0.410 e. The van der Waals surface area contributed by atoms with Crippen LogP contribution in [-0.2, 0) is 4.74 Å². The summed E-state index contributed by atoms with van der Waals surface area (Å²) in [6.45, 7) is 10.2. The van der Waals surface area contributed by atoms with Crippen LogP contribution in [0.15, 0.2) is 30.3 Å². The molecule has 1 aromatic carbocycles. The molecule has 0 spiro atoms. The van der Waals surface area contributed by atoms with Gasteiger partial charge in [0.15, 0.2) is 0 Å². The molecule has 2 aliphatic rings. The number of carbonyl (C=O) groups excluding carboxylic acids is 2. The minimum Gasteiger partial charge on any atom is -0.444 e. The summed E-state index contributed by atoms with van der Waals surface area (Å²) in [5.74, 6) is 0.587. The Morgan fingerprint density at radius 2 is 1.62 bits per heavy atom. The molecule has 6 nitrogen and oxygen atoms in total. The number of hydrogen-bond donors (Lipinski definition) is 0. The lowest BCUT2D eigenvalue weighted by Crippen LogP contribution is -2.38. The van der Waals surface area contributed by atoms with Crippen LogP contribution in [0.1, 0.15) is 36.3 Å². The lowest BCUT2D eigenvalue weighted by atomic mass is 10.0. The van der Waals surface area contributed by atoms with E-state index in [0.717, 1.165) is 15.4 Å². The molecule has 0 aliphatic carbocycles. The van der Waals surface area contributed by atoms with Gasteiger partial charge in [0.1, 0.15) is 11.3 Å². The SMILES string of the molecule is Cc1nc(C(=O)N2CC3CN(C(=O)OC(C)(C)C)CC3C2)c(-c2ccccc2)s1. The first kappa shape index (κ1) is 19.9. The number of nitrogens with zero attached hydrogens (tertiary/aromatic N) is 3. The Kier molecular flexibility index (Phi) is 5.11. The fourth-order valence-electron chi connectivity index (χ4n) is 4.14. The third kappa shape index (κ3) is 4.15. The molecule has 4 rings (SSSR count). The van der Waals surface area contributed by atoms with Gasteiger partial charge in [0.25, 0.3) is 5.91 Å². The smallest absolute Gasteiger partial charge is 0.410 e. The second kappa shape index (κ2) is 7.44. The van der Waals surface area contributed by atoms with E-state index in [1.807, 2.05) is 62.9 Å². The number of amides is 2. The predicted molar refractivity (Wildman–Crippen MR) is 113 cm³/mol. The van der Waals surface area contributed by atoms with Gasteiger partial charge in [-0.05, 0) is 33.3 Å². The summed E-state index contributed by atoms with van der Waals surface area (Å²) < 4.78 is 5.50. The van der Waals surface area contributed by atoms with Crippen molar-refractivity contribution in [1.29, 1.82) is 0 Å². The molecule has 0 N–H and O–H groups in total. The molecule has 0 radical (unpaired) electrons. The van der Waals surface area contributed by atoms with E-state index in [2.05, 4.69) is 4.98 Å². The van der Waals surface area contributed by atoms with Crippen LogP contribution < -0.4 is 0 Å². The summed E-state index contributed by atoms with van der Waals surface area (Å²) in [5, 5.41) is 0.891. The minimum atomic E-state index is -0.493. The van der Waals surface area contributed by atoms with Gasteiger partial charge < -0.3 is 14.5 Å². The highest BCUT2D eigenvalue weighted by molar-refractivity contribution is 7.15. The Balaban J connectivity index is 1.45. The quantitative estimate of drug-likeness (QED) is 0.745. The van der Waals surface area contributed by atoms with E-state index in [1.54, 1.807) is 16.2 Å². The van der Waals surface area contributed by atoms with E-state index in [0.29, 0.717) is 43.7 Å². The molecule has 2 atom stereocenters. The van der Waals surface area contributed by atoms with E-state index in [9.17, 15) is 9.59 Å². The second-order valence-corrected chi connectivity index (χ2v) is 10.1. The van der Waals surface area contributed by atoms with Gasteiger partial charge in [0.2, 0.25) is 0 Å². The second-order valence-electron chi connectivity index (χ2n) is 8.89. The maximum absolute atomic E-state index is 13.3. The average molecular weight is 414 g/mol. The van der Waals surface area contributed by atoms with Gasteiger partial charge in [-0.3, -0.25) is 4.79 Å². The lowest BCUT2D eigenvalue weighted by Gasteiger charge is -2.26. The highest BCUT2D eigenvalue weighted by Crippen LogP contribution is 2.35. The molecule has 1 aromatic heterocycles. The van der Waals surface area contributed by atoms with Gasteiger partial charge in [-0.1, -0.05) is 30.3 Å². The van der Waals surface area contributed by atoms with Crippen molar-refractivity contribution < 1.29 is 14.3 Å². The third-order valence-corrected chi connectivity index (χ3v) is 6.42. The van der Waals surface area contributed by atoms with Crippen molar-refractivity contribution in [3.05, 3.63) is 41.0 Å². The Morgan fingerprint density at radius 3 is 2.21 bits per heavy atom. The Hall–Kier alpha value is -2.41. The number of likely N-dealkylation sites (tertiary alicyclic amines) is 2. The average Bonchev–Trinajstić information content (AvgIpc) is 3.33. The van der Waals surface area contributed by atoms with Gasteiger partial charge in [0.05, 0.1) is 9.88 Å². The van der Waals surface area contributed by atoms with E-state index >= 15 is 0 Å². The monoisotopic (exact) mass is 413 g/mol. The molecule has 0 bridgehead atoms. The fourth-order valence-corrected chi connectivity index (χ4v) is 5.06. The third-order valence-electron chi connectivity index (χ3n) is 5.40. The largest absolute Gasteiger partial charge is 0.444 e. The van der Waals surface area contributed by atoms with Gasteiger partial charge in [0, 0.05) is 38.0 Å². The lowest BCUT2D eigenvalue weighted by molar-refractivity contribution is 0.0275.